The fraction of sp³-hybridized carbons (Fsp3) is 0.150. The third-order valence-electron chi connectivity index (χ3n) is 4.17. The van der Waals surface area contributed by atoms with Crippen LogP contribution >= 0.6 is 11.6 Å². The quantitative estimate of drug-likeness (QED) is 0.648. The Morgan fingerprint density at radius 1 is 1.04 bits per heavy atom. The summed E-state index contributed by atoms with van der Waals surface area (Å²) in [5, 5.41) is 4.82. The molecular formula is C20H15ClN2O4. The number of ketones is 1. The minimum atomic E-state index is -0.364. The van der Waals surface area contributed by atoms with Gasteiger partial charge < -0.3 is 9.47 Å². The van der Waals surface area contributed by atoms with Crippen molar-refractivity contribution < 1.29 is 14.3 Å². The van der Waals surface area contributed by atoms with Gasteiger partial charge in [-0.3, -0.25) is 9.59 Å². The lowest BCUT2D eigenvalue weighted by atomic mass is 10.1. The van der Waals surface area contributed by atoms with Gasteiger partial charge in [0, 0.05) is 17.2 Å². The summed E-state index contributed by atoms with van der Waals surface area (Å²) >= 11 is 6.20. The van der Waals surface area contributed by atoms with E-state index in [-0.39, 0.29) is 17.9 Å². The van der Waals surface area contributed by atoms with Crippen molar-refractivity contribution in [3.8, 4) is 22.8 Å². The van der Waals surface area contributed by atoms with Crippen molar-refractivity contribution in [1.29, 1.82) is 0 Å². The average molecular weight is 383 g/mol. The number of aromatic nitrogens is 2. The van der Waals surface area contributed by atoms with Gasteiger partial charge in [-0.1, -0.05) is 29.8 Å². The van der Waals surface area contributed by atoms with Crippen molar-refractivity contribution in [2.45, 2.75) is 6.54 Å². The molecule has 2 heterocycles. The minimum Gasteiger partial charge on any atom is -0.486 e. The largest absolute Gasteiger partial charge is 0.486 e. The predicted octanol–water partition coefficient (Wildman–Crippen LogP) is 3.22. The van der Waals surface area contributed by atoms with Crippen LogP contribution in [0.25, 0.3) is 11.3 Å². The fourth-order valence-electron chi connectivity index (χ4n) is 2.82. The molecule has 3 aromatic rings. The molecule has 0 spiro atoms. The zero-order chi connectivity index (χ0) is 18.8. The van der Waals surface area contributed by atoms with E-state index in [2.05, 4.69) is 5.10 Å². The number of hydrogen-bond acceptors (Lipinski definition) is 5. The Morgan fingerprint density at radius 2 is 1.81 bits per heavy atom. The molecule has 1 aliphatic heterocycles. The van der Waals surface area contributed by atoms with Gasteiger partial charge in [0.05, 0.1) is 10.7 Å². The van der Waals surface area contributed by atoms with E-state index in [9.17, 15) is 9.59 Å². The highest BCUT2D eigenvalue weighted by Gasteiger charge is 2.16. The second-order valence-corrected chi connectivity index (χ2v) is 6.38. The van der Waals surface area contributed by atoms with E-state index in [0.29, 0.717) is 46.6 Å². The van der Waals surface area contributed by atoms with Gasteiger partial charge in [-0.2, -0.15) is 5.10 Å². The molecule has 27 heavy (non-hydrogen) atoms. The van der Waals surface area contributed by atoms with Crippen LogP contribution in [0.3, 0.4) is 0 Å². The molecule has 0 saturated carbocycles. The summed E-state index contributed by atoms with van der Waals surface area (Å²) in [6, 6.07) is 15.1. The van der Waals surface area contributed by atoms with E-state index < -0.39 is 0 Å². The Kier molecular flexibility index (Phi) is 4.64. The third-order valence-corrected chi connectivity index (χ3v) is 4.50. The first-order valence-electron chi connectivity index (χ1n) is 8.38. The molecule has 1 aromatic heterocycles. The van der Waals surface area contributed by atoms with Crippen LogP contribution in [0.1, 0.15) is 10.4 Å². The number of Topliss-reactive ketones (excluding diaryl/α,β-unsaturated/α-hetero) is 1. The number of benzene rings is 2. The summed E-state index contributed by atoms with van der Waals surface area (Å²) in [7, 11) is 0. The smallest absolute Gasteiger partial charge is 0.267 e. The highest BCUT2D eigenvalue weighted by molar-refractivity contribution is 6.33. The summed E-state index contributed by atoms with van der Waals surface area (Å²) in [6.07, 6.45) is 0. The summed E-state index contributed by atoms with van der Waals surface area (Å²) in [5.74, 6) is 0.879. The molecule has 7 heteroatoms. The van der Waals surface area contributed by atoms with Crippen molar-refractivity contribution in [1.82, 2.24) is 9.78 Å². The second-order valence-electron chi connectivity index (χ2n) is 5.98. The Bertz CT molecular complexity index is 1080. The average Bonchev–Trinajstić information content (AvgIpc) is 2.70. The van der Waals surface area contributed by atoms with Crippen LogP contribution in [0.4, 0.5) is 0 Å². The fourth-order valence-corrected chi connectivity index (χ4v) is 3.05. The molecule has 0 amide bonds. The van der Waals surface area contributed by atoms with E-state index in [1.807, 2.05) is 18.2 Å². The lowest BCUT2D eigenvalue weighted by molar-refractivity contribution is 0.0964. The van der Waals surface area contributed by atoms with Gasteiger partial charge in [0.25, 0.3) is 5.56 Å². The Hall–Kier alpha value is -3.12. The second kappa shape index (κ2) is 7.25. The standard InChI is InChI=1S/C20H15ClN2O4/c21-15-4-2-1-3-14(15)16-6-8-20(25)23(22-16)12-17(24)13-5-7-18-19(11-13)27-10-9-26-18/h1-8,11H,9-10,12H2. The number of nitrogens with zero attached hydrogens (tertiary/aromatic N) is 2. The van der Waals surface area contributed by atoms with E-state index in [4.69, 9.17) is 21.1 Å². The molecule has 1 aliphatic rings. The zero-order valence-electron chi connectivity index (χ0n) is 14.2. The Balaban J connectivity index is 1.62. The summed E-state index contributed by atoms with van der Waals surface area (Å²) < 4.78 is 12.1. The van der Waals surface area contributed by atoms with Crippen LogP contribution in [0, 0.1) is 0 Å². The molecule has 0 radical (unpaired) electrons. The SMILES string of the molecule is O=C(Cn1nc(-c2ccccc2Cl)ccc1=O)c1ccc2c(c1)OCCO2. The predicted molar refractivity (Wildman–Crippen MR) is 101 cm³/mol. The van der Waals surface area contributed by atoms with Crippen LogP contribution in [0.5, 0.6) is 11.5 Å². The number of halogens is 1. The molecule has 0 unspecified atom stereocenters. The summed E-state index contributed by atoms with van der Waals surface area (Å²) in [5.41, 5.74) is 1.28. The zero-order valence-corrected chi connectivity index (χ0v) is 15.0. The monoisotopic (exact) mass is 382 g/mol. The first kappa shape index (κ1) is 17.3. The molecule has 0 atom stereocenters. The van der Waals surface area contributed by atoms with Crippen molar-refractivity contribution in [2.75, 3.05) is 13.2 Å². The topological polar surface area (TPSA) is 70.4 Å². The van der Waals surface area contributed by atoms with Crippen LogP contribution in [-0.2, 0) is 6.54 Å². The van der Waals surface area contributed by atoms with Crippen molar-refractivity contribution in [3.63, 3.8) is 0 Å². The molecule has 0 fully saturated rings. The van der Waals surface area contributed by atoms with Crippen molar-refractivity contribution in [3.05, 3.63) is 75.5 Å². The van der Waals surface area contributed by atoms with Crippen molar-refractivity contribution >= 4 is 17.4 Å². The van der Waals surface area contributed by atoms with E-state index in [1.165, 1.54) is 6.07 Å². The maximum Gasteiger partial charge on any atom is 0.267 e. The Morgan fingerprint density at radius 3 is 2.63 bits per heavy atom. The van der Waals surface area contributed by atoms with Gasteiger partial charge in [0.1, 0.15) is 19.8 Å². The Labute approximate surface area is 159 Å². The van der Waals surface area contributed by atoms with Gasteiger partial charge >= 0.3 is 0 Å². The molecular weight excluding hydrogens is 368 g/mol. The molecule has 4 rings (SSSR count). The third kappa shape index (κ3) is 3.57. The molecule has 0 aliphatic carbocycles. The maximum atomic E-state index is 12.6. The lowest BCUT2D eigenvalue weighted by Gasteiger charge is -2.18. The number of rotatable bonds is 4. The van der Waals surface area contributed by atoms with E-state index in [1.54, 1.807) is 30.3 Å². The molecule has 0 N–H and O–H groups in total. The summed E-state index contributed by atoms with van der Waals surface area (Å²) in [6.45, 7) is 0.733. The molecule has 0 saturated heterocycles. The molecule has 2 aromatic carbocycles. The van der Waals surface area contributed by atoms with E-state index in [0.717, 1.165) is 4.68 Å². The number of hydrogen-bond donors (Lipinski definition) is 0. The van der Waals surface area contributed by atoms with Crippen molar-refractivity contribution in [2.24, 2.45) is 0 Å². The first-order valence-corrected chi connectivity index (χ1v) is 8.75. The molecule has 0 bridgehead atoms. The number of fused-ring (bicyclic) bond motifs is 1. The number of carbonyl (C=O) groups excluding carboxylic acids is 1. The minimum absolute atomic E-state index is 0.184. The van der Waals surface area contributed by atoms with Gasteiger partial charge in [-0.15, -0.1) is 0 Å². The molecule has 6 nitrogen and oxygen atoms in total. The highest BCUT2D eigenvalue weighted by atomic mass is 35.5. The lowest BCUT2D eigenvalue weighted by Crippen LogP contribution is -2.26. The molecule has 136 valence electrons. The van der Waals surface area contributed by atoms with Gasteiger partial charge in [0.15, 0.2) is 17.3 Å². The normalized spacial score (nSPS) is 12.6. The van der Waals surface area contributed by atoms with Gasteiger partial charge in [-0.05, 0) is 30.3 Å². The maximum absolute atomic E-state index is 12.6. The first-order chi connectivity index (χ1) is 13.1. The number of ether oxygens (including phenoxy) is 2. The summed E-state index contributed by atoms with van der Waals surface area (Å²) in [4.78, 5) is 24.8. The van der Waals surface area contributed by atoms with Crippen LogP contribution in [0.15, 0.2) is 59.4 Å². The van der Waals surface area contributed by atoms with Crippen LogP contribution in [0.2, 0.25) is 5.02 Å². The van der Waals surface area contributed by atoms with E-state index >= 15 is 0 Å². The van der Waals surface area contributed by atoms with Gasteiger partial charge in [0.2, 0.25) is 0 Å². The highest BCUT2D eigenvalue weighted by Crippen LogP contribution is 2.31. The van der Waals surface area contributed by atoms with Crippen LogP contribution < -0.4 is 15.0 Å². The van der Waals surface area contributed by atoms with Crippen LogP contribution in [-0.4, -0.2) is 28.8 Å². The van der Waals surface area contributed by atoms with Gasteiger partial charge in [-0.25, -0.2) is 4.68 Å². The number of carbonyl (C=O) groups is 1.